The molecule has 46 nitrogen and oxygen atoms in total. The van der Waals surface area contributed by atoms with Crippen LogP contribution in [-0.4, -0.2) is 292 Å². The third-order valence-corrected chi connectivity index (χ3v) is 23.7. The van der Waals surface area contributed by atoms with Gasteiger partial charge >= 0.3 is 5.97 Å². The number of cyclic esters (lactones) is 1. The molecule has 0 aromatic rings. The molecule has 0 saturated carbocycles. The Kier molecular flexibility index (Phi) is 56.5. The van der Waals surface area contributed by atoms with Crippen molar-refractivity contribution in [2.75, 3.05) is 39.5 Å². The second-order valence-corrected chi connectivity index (χ2v) is 38.5. The number of amides is 19. The Morgan fingerprint density at radius 2 is 0.900 bits per heavy atom. The third kappa shape index (κ3) is 42.2. The zero-order valence-corrected chi connectivity index (χ0v) is 85.2. The molecule has 2 aliphatic heterocycles. The number of aliphatic hydroxyl groups is 4. The van der Waals surface area contributed by atoms with Gasteiger partial charge in [-0.3, -0.25) is 91.1 Å². The van der Waals surface area contributed by atoms with Crippen LogP contribution < -0.4 is 108 Å². The second-order valence-electron chi connectivity index (χ2n) is 38.5. The van der Waals surface area contributed by atoms with E-state index < -0.39 is 295 Å². The van der Waals surface area contributed by atoms with Crippen LogP contribution in [0.25, 0.3) is 0 Å². The minimum Gasteiger partial charge on any atom is -0.458 e. The van der Waals surface area contributed by atoms with E-state index in [2.05, 4.69) is 90.4 Å². The van der Waals surface area contributed by atoms with Gasteiger partial charge in [-0.2, -0.15) is 0 Å². The first-order chi connectivity index (χ1) is 65.7. The molecule has 0 spiro atoms. The summed E-state index contributed by atoms with van der Waals surface area (Å²) in [6, 6.07) is -24.2. The van der Waals surface area contributed by atoms with E-state index in [0.29, 0.717) is 25.7 Å². The zero-order chi connectivity index (χ0) is 106. The molecule has 2 aliphatic rings. The lowest BCUT2D eigenvalue weighted by Gasteiger charge is -2.32. The van der Waals surface area contributed by atoms with Crippen LogP contribution in [0, 0.1) is 47.3 Å². The van der Waals surface area contributed by atoms with Crippen molar-refractivity contribution >= 4 is 118 Å². The quantitative estimate of drug-likeness (QED) is 0.0159. The number of likely N-dealkylation sites (tertiary alicyclic amines) is 1. The average molecular weight is 1990 g/mol. The molecule has 2 saturated heterocycles. The molecule has 0 aromatic heterocycles. The Morgan fingerprint density at radius 3 is 1.34 bits per heavy atom. The number of nitrogens with zero attached hydrogens (tertiary/aromatic N) is 1. The number of carbonyl (C=O) groups is 20. The van der Waals surface area contributed by atoms with Crippen molar-refractivity contribution in [1.82, 2.24) is 95.3 Å². The van der Waals surface area contributed by atoms with E-state index in [1.807, 2.05) is 6.92 Å². The number of nitrogens with two attached hydrogens (primary N) is 3. The molecule has 2 heterocycles. The number of unbranched alkanes of at least 4 members (excludes halogenated alkanes) is 3. The van der Waals surface area contributed by atoms with Crippen molar-refractivity contribution < 1.29 is 121 Å². The van der Waals surface area contributed by atoms with Crippen molar-refractivity contribution in [2.45, 2.75) is 363 Å². The molecule has 140 heavy (non-hydrogen) atoms. The Labute approximate surface area is 821 Å². The number of nitrogens with one attached hydrogen (secondary N) is 17. The number of allylic oxidation sites excluding steroid dienone is 2. The molecular formula is C94H163N21O25. The molecule has 19 atom stereocenters. The maximum atomic E-state index is 14.7. The summed E-state index contributed by atoms with van der Waals surface area (Å²) in [6.07, 6.45) is 2.26. The van der Waals surface area contributed by atoms with E-state index in [9.17, 15) is 116 Å². The molecule has 794 valence electrons. The first kappa shape index (κ1) is 125. The summed E-state index contributed by atoms with van der Waals surface area (Å²) in [5.74, 6) is -23.7. The van der Waals surface area contributed by atoms with Gasteiger partial charge in [0.05, 0.1) is 25.7 Å². The summed E-state index contributed by atoms with van der Waals surface area (Å²) >= 11 is 0. The number of primary amides is 1. The smallest absolute Gasteiger partial charge is 0.328 e. The first-order valence-electron chi connectivity index (χ1n) is 49.0. The monoisotopic (exact) mass is 1990 g/mol. The minimum atomic E-state index is -1.89. The van der Waals surface area contributed by atoms with Crippen LogP contribution in [-0.2, 0) is 101 Å². The van der Waals surface area contributed by atoms with Crippen molar-refractivity contribution in [2.24, 2.45) is 64.5 Å². The van der Waals surface area contributed by atoms with Gasteiger partial charge in [-0.25, -0.2) is 4.79 Å². The number of carbonyl (C=O) groups excluding carboxylic acids is 20. The number of aliphatic hydroxyl groups excluding tert-OH is 4. The van der Waals surface area contributed by atoms with Crippen LogP contribution >= 0.6 is 0 Å². The van der Waals surface area contributed by atoms with Gasteiger partial charge in [0.25, 0.3) is 11.8 Å². The number of hydrogen-bond donors (Lipinski definition) is 24. The molecule has 0 radical (unpaired) electrons. The van der Waals surface area contributed by atoms with Gasteiger partial charge < -0.3 is 138 Å². The van der Waals surface area contributed by atoms with E-state index >= 15 is 0 Å². The van der Waals surface area contributed by atoms with Crippen molar-refractivity contribution in [3.63, 3.8) is 0 Å². The number of ether oxygens (including phenoxy) is 1. The Morgan fingerprint density at radius 1 is 0.471 bits per heavy atom. The maximum absolute atomic E-state index is 14.7. The van der Waals surface area contributed by atoms with Crippen molar-refractivity contribution in [3.8, 4) is 0 Å². The van der Waals surface area contributed by atoms with Gasteiger partial charge in [-0.1, -0.05) is 156 Å². The van der Waals surface area contributed by atoms with Gasteiger partial charge in [-0.05, 0) is 158 Å². The maximum Gasteiger partial charge on any atom is 0.328 e. The summed E-state index contributed by atoms with van der Waals surface area (Å²) in [4.78, 5) is 284. The average Bonchev–Trinajstić information content (AvgIpc) is 1.67. The van der Waals surface area contributed by atoms with Gasteiger partial charge in [0.2, 0.25) is 100 Å². The van der Waals surface area contributed by atoms with Crippen LogP contribution in [0.3, 0.4) is 0 Å². The van der Waals surface area contributed by atoms with E-state index in [-0.39, 0.29) is 107 Å². The molecule has 2 fully saturated rings. The summed E-state index contributed by atoms with van der Waals surface area (Å²) < 4.78 is 5.83. The van der Waals surface area contributed by atoms with Crippen LogP contribution in [0.2, 0.25) is 0 Å². The highest BCUT2D eigenvalue weighted by Gasteiger charge is 2.44. The number of esters is 1. The molecule has 0 bridgehead atoms. The minimum absolute atomic E-state index is 0.0437. The Hall–Kier alpha value is -11.4. The van der Waals surface area contributed by atoms with Crippen LogP contribution in [0.15, 0.2) is 23.5 Å². The first-order valence-corrected chi connectivity index (χ1v) is 49.0. The van der Waals surface area contributed by atoms with E-state index in [1.165, 1.54) is 31.7 Å². The molecular weight excluding hydrogens is 1820 g/mol. The van der Waals surface area contributed by atoms with Gasteiger partial charge in [0.1, 0.15) is 114 Å². The summed E-state index contributed by atoms with van der Waals surface area (Å²) in [7, 11) is 0. The Bertz CT molecular complexity index is 4220. The second kappa shape index (κ2) is 63.4. The molecule has 0 unspecified atom stereocenters. The molecule has 2 rings (SSSR count). The Balaban J connectivity index is 2.45. The SMILES string of the molecule is C/C=C(\NC(=O)[C@H](NC(=O)[C@H](CC(C)C)NC(=O)[C@@H](CCC(N)=O)NC(=O)[C@@H](NC(=O)[C@H](NC(=O)[C@@H](CC(C)C)NC(=O)[C@@H](CO)NC(=O)[C@H](NC(=O)[C@@H](CC(C)C)NC(=O)[C@@H](CO)NC(=O)[C@H]1CCCN1C(=O)/C(=C/C)NC(=O)C[C@@H](O)CCCCC)C(C)C)C(C)C)C(C)C)C(C)C)C(=O)N[C@H]1C(=O)N[C@@H]([C@@H](C)CC)C(=O)N[C@@H](CCO)C(=O)N[C@H](CCN)C(=O)N[C@@H](CCCCN)C(=O)O[C@@H]1C. The highest BCUT2D eigenvalue weighted by atomic mass is 16.5. The summed E-state index contributed by atoms with van der Waals surface area (Å²) in [6.45, 7) is 29.7. The fourth-order valence-corrected chi connectivity index (χ4v) is 15.4. The van der Waals surface area contributed by atoms with E-state index in [1.54, 1.807) is 111 Å². The topological polar surface area (TPSA) is 717 Å². The van der Waals surface area contributed by atoms with Crippen LogP contribution in [0.1, 0.15) is 254 Å². The highest BCUT2D eigenvalue weighted by molar-refractivity contribution is 6.05. The van der Waals surface area contributed by atoms with Crippen LogP contribution in [0.5, 0.6) is 0 Å². The molecule has 46 heteroatoms. The van der Waals surface area contributed by atoms with Crippen molar-refractivity contribution in [1.29, 1.82) is 0 Å². The lowest BCUT2D eigenvalue weighted by molar-refractivity contribution is -0.156. The number of hydrogen-bond acceptors (Lipinski definition) is 27. The van der Waals surface area contributed by atoms with Gasteiger partial charge in [0.15, 0.2) is 0 Å². The van der Waals surface area contributed by atoms with Gasteiger partial charge in [-0.15, -0.1) is 0 Å². The molecule has 0 aliphatic carbocycles. The zero-order valence-electron chi connectivity index (χ0n) is 85.2. The van der Waals surface area contributed by atoms with Crippen molar-refractivity contribution in [3.05, 3.63) is 23.5 Å². The van der Waals surface area contributed by atoms with Crippen LogP contribution in [0.4, 0.5) is 0 Å². The lowest BCUT2D eigenvalue weighted by atomic mass is 9.96. The summed E-state index contributed by atoms with van der Waals surface area (Å²) in [5, 5.41) is 84.9. The fourth-order valence-electron chi connectivity index (χ4n) is 15.4. The summed E-state index contributed by atoms with van der Waals surface area (Å²) in [5.41, 5.74) is 16.5. The largest absolute Gasteiger partial charge is 0.458 e. The highest BCUT2D eigenvalue weighted by Crippen LogP contribution is 2.23. The predicted octanol–water partition coefficient (Wildman–Crippen LogP) is -3.52. The predicted molar refractivity (Wildman–Crippen MR) is 516 cm³/mol. The third-order valence-electron chi connectivity index (χ3n) is 23.7. The number of rotatable bonds is 57. The molecule has 0 aromatic carbocycles. The fraction of sp³-hybridized carbons (Fsp3) is 0.745. The van der Waals surface area contributed by atoms with Gasteiger partial charge in [0, 0.05) is 19.6 Å². The standard InChI is InChI=1S/C94H163N21O25/c1-21-25-26-30-56(119)44-70(121)98-58(24-4)93(138)115-39-29-32-68(115)86(131)107-66(45-117)84(129)105-64(42-48(7)8)82(127)110-72(51(13)14)89(134)108-67(46-118)85(130)106-65(43-49(9)10)83(128)111-74(53(17)18)90(135)112-73(52(15)16)88(133)101-59(33-34-69(97)120)78(123)104-63(41-47(5)6)81(126)109-71(50(11)12)87(132)99-57(23-3)77(122)114-76-55(20)140-94(139)62(31-27-28-37-95)103-79(124)60(35-38-96)100-80(125)61(36-40-116)102-91(136)75(54(19)22-2)113-92(76)137/h23-24,47-56,59-68,71-76,116-119H,21-22,25-46,95-96H2,1-20H3,(H2,97,120)(H,98,121)(H,99,132)(H,100,125)(H,101,133)(H,102,136)(H,103,124)(H,104,123)(H,105,129)(H,106,130)(H,107,131)(H,108,134)(H,109,126)(H,110,127)(H,111,128)(H,112,135)(H,113,137)(H,114,122)/b57-23-,58-24-/t54-,55+,56-,59+,60+,61-,62-,63-,64+,65+,66+,67+,68+,71+,72+,73-,74+,75-,76+/m0/s1. The van der Waals surface area contributed by atoms with E-state index in [0.717, 1.165) is 18.9 Å². The molecule has 19 amide bonds. The van der Waals surface area contributed by atoms with E-state index in [4.69, 9.17) is 21.9 Å². The lowest BCUT2D eigenvalue weighted by Crippen LogP contribution is -2.63. The molecule has 27 N–H and O–H groups in total. The normalized spacial score (nSPS) is 20.1.